The number of ether oxygens (including phenoxy) is 1. The van der Waals surface area contributed by atoms with Crippen molar-refractivity contribution < 1.29 is 9.53 Å². The van der Waals surface area contributed by atoms with E-state index in [2.05, 4.69) is 10.6 Å². The van der Waals surface area contributed by atoms with Crippen molar-refractivity contribution in [1.82, 2.24) is 10.6 Å². The molecule has 13 heavy (non-hydrogen) atoms. The van der Waals surface area contributed by atoms with Gasteiger partial charge in [0.25, 0.3) is 0 Å². The first-order valence-corrected chi connectivity index (χ1v) is 4.97. The molecule has 1 atom stereocenters. The lowest BCUT2D eigenvalue weighted by Gasteiger charge is -2.10. The molecule has 0 bridgehead atoms. The van der Waals surface area contributed by atoms with Crippen LogP contribution < -0.4 is 10.6 Å². The predicted molar refractivity (Wildman–Crippen MR) is 50.7 cm³/mol. The van der Waals surface area contributed by atoms with Crippen molar-refractivity contribution in [2.75, 3.05) is 19.7 Å². The molecule has 0 radical (unpaired) electrons. The van der Waals surface area contributed by atoms with Gasteiger partial charge in [-0.1, -0.05) is 0 Å². The molecule has 4 nitrogen and oxygen atoms in total. The highest BCUT2D eigenvalue weighted by molar-refractivity contribution is 5.66. The topological polar surface area (TPSA) is 50.4 Å². The van der Waals surface area contributed by atoms with Gasteiger partial charge in [-0.15, -0.1) is 0 Å². The summed E-state index contributed by atoms with van der Waals surface area (Å²) in [6, 6.07) is 0.585. The lowest BCUT2D eigenvalue weighted by molar-refractivity contribution is 0.152. The molecule has 0 aromatic rings. The third-order valence-corrected chi connectivity index (χ3v) is 2.20. The van der Waals surface area contributed by atoms with Crippen LogP contribution in [-0.4, -0.2) is 31.8 Å². The van der Waals surface area contributed by atoms with Crippen molar-refractivity contribution in [3.8, 4) is 0 Å². The number of amides is 1. The predicted octanol–water partition coefficient (Wildman–Crippen LogP) is 0.875. The Morgan fingerprint density at radius 3 is 3.15 bits per heavy atom. The van der Waals surface area contributed by atoms with E-state index in [0.717, 1.165) is 13.0 Å². The van der Waals surface area contributed by atoms with Crippen LogP contribution in [0.25, 0.3) is 0 Å². The maximum absolute atomic E-state index is 10.9. The maximum Gasteiger partial charge on any atom is 0.407 e. The Morgan fingerprint density at radius 1 is 1.69 bits per heavy atom. The third-order valence-electron chi connectivity index (χ3n) is 2.20. The van der Waals surface area contributed by atoms with Crippen LogP contribution in [0.3, 0.4) is 0 Å². The fraction of sp³-hybridized carbons (Fsp3) is 0.889. The molecule has 1 aliphatic rings. The van der Waals surface area contributed by atoms with Crippen LogP contribution in [0.1, 0.15) is 26.2 Å². The minimum atomic E-state index is -0.305. The number of carbonyl (C=O) groups excluding carboxylic acids is 1. The number of nitrogens with one attached hydrogen (secondary N) is 2. The highest BCUT2D eigenvalue weighted by Gasteiger charge is 2.13. The average Bonchev–Trinajstić information content (AvgIpc) is 2.57. The first-order valence-electron chi connectivity index (χ1n) is 4.97. The van der Waals surface area contributed by atoms with Gasteiger partial charge in [0.2, 0.25) is 0 Å². The quantitative estimate of drug-likeness (QED) is 0.685. The molecular formula is C9H18N2O2. The van der Waals surface area contributed by atoms with Crippen molar-refractivity contribution in [3.63, 3.8) is 0 Å². The van der Waals surface area contributed by atoms with Gasteiger partial charge in [-0.25, -0.2) is 4.79 Å². The molecular weight excluding hydrogens is 168 g/mol. The SMILES string of the molecule is CCOC(=O)NCCC1CCCN1. The molecule has 0 saturated carbocycles. The summed E-state index contributed by atoms with van der Waals surface area (Å²) in [4.78, 5) is 10.9. The summed E-state index contributed by atoms with van der Waals surface area (Å²) in [5.41, 5.74) is 0. The number of carbonyl (C=O) groups is 1. The summed E-state index contributed by atoms with van der Waals surface area (Å²) in [5, 5.41) is 6.08. The second kappa shape index (κ2) is 5.80. The molecule has 0 aromatic heterocycles. The first kappa shape index (κ1) is 10.3. The van der Waals surface area contributed by atoms with Gasteiger partial charge in [0.1, 0.15) is 0 Å². The van der Waals surface area contributed by atoms with E-state index in [1.54, 1.807) is 6.92 Å². The highest BCUT2D eigenvalue weighted by Crippen LogP contribution is 2.07. The molecule has 1 fully saturated rings. The van der Waals surface area contributed by atoms with Crippen molar-refractivity contribution in [1.29, 1.82) is 0 Å². The molecule has 0 aliphatic carbocycles. The lowest BCUT2D eigenvalue weighted by atomic mass is 10.2. The molecule has 1 unspecified atom stereocenters. The zero-order chi connectivity index (χ0) is 9.52. The molecule has 0 spiro atoms. The molecule has 1 rings (SSSR count). The van der Waals surface area contributed by atoms with E-state index in [1.807, 2.05) is 0 Å². The average molecular weight is 186 g/mol. The minimum absolute atomic E-state index is 0.305. The summed E-state index contributed by atoms with van der Waals surface area (Å²) in [5.74, 6) is 0. The Hall–Kier alpha value is -0.770. The molecule has 4 heteroatoms. The number of rotatable bonds is 4. The van der Waals surface area contributed by atoms with Gasteiger partial charge in [0.05, 0.1) is 6.61 Å². The fourth-order valence-electron chi connectivity index (χ4n) is 1.53. The van der Waals surface area contributed by atoms with Crippen molar-refractivity contribution >= 4 is 6.09 Å². The summed E-state index contributed by atoms with van der Waals surface area (Å²) >= 11 is 0. The van der Waals surface area contributed by atoms with Gasteiger partial charge in [0, 0.05) is 12.6 Å². The van der Waals surface area contributed by atoms with Gasteiger partial charge >= 0.3 is 6.09 Å². The monoisotopic (exact) mass is 186 g/mol. The van der Waals surface area contributed by atoms with Crippen LogP contribution in [0.15, 0.2) is 0 Å². The Morgan fingerprint density at radius 2 is 2.54 bits per heavy atom. The second-order valence-electron chi connectivity index (χ2n) is 3.23. The third kappa shape index (κ3) is 4.12. The number of hydrogen-bond donors (Lipinski definition) is 2. The van der Waals surface area contributed by atoms with Crippen LogP contribution in [-0.2, 0) is 4.74 Å². The van der Waals surface area contributed by atoms with Crippen LogP contribution in [0.5, 0.6) is 0 Å². The van der Waals surface area contributed by atoms with E-state index in [0.29, 0.717) is 19.2 Å². The van der Waals surface area contributed by atoms with Crippen LogP contribution >= 0.6 is 0 Å². The molecule has 1 amide bonds. The maximum atomic E-state index is 10.9. The van der Waals surface area contributed by atoms with Crippen molar-refractivity contribution in [2.24, 2.45) is 0 Å². The van der Waals surface area contributed by atoms with Gasteiger partial charge in [-0.05, 0) is 32.7 Å². The van der Waals surface area contributed by atoms with E-state index < -0.39 is 0 Å². The normalized spacial score (nSPS) is 21.5. The molecule has 0 aromatic carbocycles. The van der Waals surface area contributed by atoms with E-state index >= 15 is 0 Å². The fourth-order valence-corrected chi connectivity index (χ4v) is 1.53. The van der Waals surface area contributed by atoms with Crippen LogP contribution in [0, 0.1) is 0 Å². The Balaban J connectivity index is 1.96. The molecule has 1 saturated heterocycles. The van der Waals surface area contributed by atoms with Gasteiger partial charge in [0.15, 0.2) is 0 Å². The van der Waals surface area contributed by atoms with Crippen LogP contribution in [0.4, 0.5) is 4.79 Å². The van der Waals surface area contributed by atoms with E-state index in [4.69, 9.17) is 4.74 Å². The molecule has 76 valence electrons. The van der Waals surface area contributed by atoms with E-state index in [9.17, 15) is 4.79 Å². The largest absolute Gasteiger partial charge is 0.450 e. The van der Waals surface area contributed by atoms with Gasteiger partial charge < -0.3 is 15.4 Å². The smallest absolute Gasteiger partial charge is 0.407 e. The van der Waals surface area contributed by atoms with E-state index in [1.165, 1.54) is 12.8 Å². The summed E-state index contributed by atoms with van der Waals surface area (Å²) in [6.45, 7) is 4.06. The Bertz CT molecular complexity index is 156. The first-order chi connectivity index (χ1) is 6.33. The molecule has 1 aliphatic heterocycles. The van der Waals surface area contributed by atoms with Crippen molar-refractivity contribution in [3.05, 3.63) is 0 Å². The van der Waals surface area contributed by atoms with Gasteiger partial charge in [-0.3, -0.25) is 0 Å². The second-order valence-corrected chi connectivity index (χ2v) is 3.23. The standard InChI is InChI=1S/C9H18N2O2/c1-2-13-9(12)11-7-5-8-4-3-6-10-8/h8,10H,2-7H2,1H3,(H,11,12). The summed E-state index contributed by atoms with van der Waals surface area (Å²) in [6.07, 6.45) is 3.17. The number of alkyl carbamates (subject to hydrolysis) is 1. The summed E-state index contributed by atoms with van der Waals surface area (Å²) < 4.78 is 4.74. The minimum Gasteiger partial charge on any atom is -0.450 e. The van der Waals surface area contributed by atoms with Crippen molar-refractivity contribution in [2.45, 2.75) is 32.2 Å². The lowest BCUT2D eigenvalue weighted by Crippen LogP contribution is -2.30. The Kier molecular flexibility index (Phi) is 4.60. The Labute approximate surface area is 79.0 Å². The zero-order valence-electron chi connectivity index (χ0n) is 8.14. The number of hydrogen-bond acceptors (Lipinski definition) is 3. The highest BCUT2D eigenvalue weighted by atomic mass is 16.5. The molecule has 1 heterocycles. The zero-order valence-corrected chi connectivity index (χ0v) is 8.14. The molecule has 2 N–H and O–H groups in total. The van der Waals surface area contributed by atoms with Gasteiger partial charge in [-0.2, -0.15) is 0 Å². The van der Waals surface area contributed by atoms with Crippen LogP contribution in [0.2, 0.25) is 0 Å². The summed E-state index contributed by atoms with van der Waals surface area (Å²) in [7, 11) is 0. The van der Waals surface area contributed by atoms with E-state index in [-0.39, 0.29) is 6.09 Å².